The monoisotopic (exact) mass is 744 g/mol. The van der Waals surface area contributed by atoms with Gasteiger partial charge in [0, 0.05) is 63.5 Å². The molecule has 0 atom stereocenters. The summed E-state index contributed by atoms with van der Waals surface area (Å²) in [5, 5.41) is 3.28. The molecule has 11 heteroatoms. The topological polar surface area (TPSA) is 61.4 Å². The van der Waals surface area contributed by atoms with Gasteiger partial charge in [0.15, 0.2) is 11.6 Å². The molecule has 0 N–H and O–H groups in total. The molecule has 6 nitrogen and oxygen atoms in total. The van der Waals surface area contributed by atoms with E-state index in [0.29, 0.717) is 56.6 Å². The van der Waals surface area contributed by atoms with E-state index >= 15 is 13.2 Å². The van der Waals surface area contributed by atoms with Crippen molar-refractivity contribution in [3.05, 3.63) is 169 Å². The lowest BCUT2D eigenvalue weighted by atomic mass is 9.96. The maximum atomic E-state index is 15.5. The Balaban J connectivity index is 1.39. The molecule has 0 unspecified atom stereocenters. The van der Waals surface area contributed by atoms with E-state index in [0.717, 1.165) is 39.7 Å². The number of alkyl halides is 3. The normalized spacial score (nSPS) is 12.0. The minimum absolute atomic E-state index is 0.180. The first-order valence-electron chi connectivity index (χ1n) is 17.6. The zero-order valence-electron chi connectivity index (χ0n) is 29.0. The molecule has 0 spiro atoms. The second kappa shape index (κ2) is 12.7. The van der Waals surface area contributed by atoms with Crippen molar-refractivity contribution >= 4 is 43.6 Å². The highest BCUT2D eigenvalue weighted by atomic mass is 19.4. The predicted molar refractivity (Wildman–Crippen MR) is 208 cm³/mol. The molecule has 0 bridgehead atoms. The van der Waals surface area contributed by atoms with E-state index in [2.05, 4.69) is 19.9 Å². The Morgan fingerprint density at radius 2 is 0.857 bits per heavy atom. The van der Waals surface area contributed by atoms with Gasteiger partial charge in [-0.3, -0.25) is 0 Å². The van der Waals surface area contributed by atoms with Crippen LogP contribution in [0.4, 0.5) is 22.0 Å². The van der Waals surface area contributed by atoms with Gasteiger partial charge in [-0.05, 0) is 71.8 Å². The average Bonchev–Trinajstić information content (AvgIpc) is 3.72. The van der Waals surface area contributed by atoms with Gasteiger partial charge in [-0.25, -0.2) is 28.7 Å². The third-order valence-corrected chi connectivity index (χ3v) is 10.1. The fourth-order valence-corrected chi connectivity index (χ4v) is 7.75. The van der Waals surface area contributed by atoms with Gasteiger partial charge in [0.1, 0.15) is 11.6 Å². The number of fused-ring (bicyclic) bond motifs is 6. The Morgan fingerprint density at radius 1 is 0.411 bits per heavy atom. The molecule has 0 aliphatic heterocycles. The zero-order valence-corrected chi connectivity index (χ0v) is 29.0. The molecule has 0 aliphatic rings. The second-order valence-electron chi connectivity index (χ2n) is 13.4. The third kappa shape index (κ3) is 5.38. The number of benzene rings is 6. The molecule has 0 radical (unpaired) electrons. The van der Waals surface area contributed by atoms with Crippen molar-refractivity contribution in [3.63, 3.8) is 0 Å². The highest BCUT2D eigenvalue weighted by molar-refractivity contribution is 6.12. The predicted octanol–water partition coefficient (Wildman–Crippen LogP) is 11.8. The van der Waals surface area contributed by atoms with Crippen molar-refractivity contribution in [2.75, 3.05) is 0 Å². The molecule has 4 heterocycles. The van der Waals surface area contributed by atoms with Crippen LogP contribution < -0.4 is 0 Å². The molecular weight excluding hydrogens is 720 g/mol. The summed E-state index contributed by atoms with van der Waals surface area (Å²) in [7, 11) is 0. The summed E-state index contributed by atoms with van der Waals surface area (Å²) < 4.78 is 79.7. The van der Waals surface area contributed by atoms with Crippen molar-refractivity contribution in [1.82, 2.24) is 29.1 Å². The molecule has 0 saturated carbocycles. The van der Waals surface area contributed by atoms with Crippen LogP contribution in [0.1, 0.15) is 5.56 Å². The molecule has 0 fully saturated rings. The number of hydrogen-bond donors (Lipinski definition) is 0. The van der Waals surface area contributed by atoms with E-state index in [4.69, 9.17) is 0 Å². The first-order chi connectivity index (χ1) is 27.2. The lowest BCUT2D eigenvalue weighted by Crippen LogP contribution is -2.12. The highest BCUT2D eigenvalue weighted by Gasteiger charge is 2.36. The van der Waals surface area contributed by atoms with E-state index in [-0.39, 0.29) is 16.8 Å². The zero-order chi connectivity index (χ0) is 38.1. The van der Waals surface area contributed by atoms with Gasteiger partial charge in [-0.15, -0.1) is 0 Å². The maximum absolute atomic E-state index is 15.5. The molecule has 10 aromatic rings. The molecule has 270 valence electrons. The Bertz CT molecular complexity index is 3130. The van der Waals surface area contributed by atoms with E-state index in [1.807, 2.05) is 94.1 Å². The Hall–Kier alpha value is -7.27. The Kier molecular flexibility index (Phi) is 7.53. The average molecular weight is 745 g/mol. The van der Waals surface area contributed by atoms with Crippen molar-refractivity contribution < 1.29 is 22.0 Å². The van der Waals surface area contributed by atoms with E-state index < -0.39 is 23.4 Å². The number of para-hydroxylation sites is 2. The van der Waals surface area contributed by atoms with Crippen LogP contribution in [0.15, 0.2) is 152 Å². The van der Waals surface area contributed by atoms with Crippen molar-refractivity contribution in [1.29, 1.82) is 0 Å². The second-order valence-corrected chi connectivity index (χ2v) is 13.4. The smallest absolute Gasteiger partial charge is 0.307 e. The van der Waals surface area contributed by atoms with Gasteiger partial charge in [0.2, 0.25) is 0 Å². The molecule has 0 aliphatic carbocycles. The number of halogens is 5. The summed E-state index contributed by atoms with van der Waals surface area (Å²) in [6.45, 7) is 0. The Morgan fingerprint density at radius 3 is 1.34 bits per heavy atom. The van der Waals surface area contributed by atoms with Crippen LogP contribution in [0.5, 0.6) is 0 Å². The molecule has 6 aromatic carbocycles. The molecular formula is C45H25F5N6. The maximum Gasteiger partial charge on any atom is 0.417 e. The molecule has 4 aromatic heterocycles. The largest absolute Gasteiger partial charge is 0.417 e. The summed E-state index contributed by atoms with van der Waals surface area (Å²) in [4.78, 5) is 17.8. The number of nitrogens with zero attached hydrogens (tertiary/aromatic N) is 6. The Labute approximate surface area is 314 Å². The van der Waals surface area contributed by atoms with Gasteiger partial charge in [-0.1, -0.05) is 60.7 Å². The quantitative estimate of drug-likeness (QED) is 0.165. The number of aromatic nitrogens is 6. The van der Waals surface area contributed by atoms with Gasteiger partial charge in [0.05, 0.1) is 39.0 Å². The minimum atomic E-state index is -4.92. The van der Waals surface area contributed by atoms with Crippen LogP contribution in [0.2, 0.25) is 0 Å². The summed E-state index contributed by atoms with van der Waals surface area (Å²) in [6, 6.07) is 34.9. The standard InChI is InChI=1S/C45H25F5N6/c46-29-19-28(20-30(47)23-29)35-24-41(55-37-9-3-1-7-31(37)33-13-11-26(21-39(33)55)43-51-15-5-16-52-43)42(25-36(35)45(48,49)50)56-38-10-4-2-8-32(38)34-14-12-27(22-40(34)56)44-53-17-6-18-54-44/h1-25H. The van der Waals surface area contributed by atoms with Gasteiger partial charge in [-0.2, -0.15) is 13.2 Å². The van der Waals surface area contributed by atoms with Crippen LogP contribution in [0, 0.1) is 11.6 Å². The van der Waals surface area contributed by atoms with Crippen LogP contribution in [-0.2, 0) is 6.18 Å². The van der Waals surface area contributed by atoms with Crippen LogP contribution in [0.25, 0.3) is 88.9 Å². The molecule has 10 rings (SSSR count). The summed E-state index contributed by atoms with van der Waals surface area (Å²) in [6.07, 6.45) is 1.60. The minimum Gasteiger partial charge on any atom is -0.307 e. The number of rotatable bonds is 5. The summed E-state index contributed by atoms with van der Waals surface area (Å²) >= 11 is 0. The first-order valence-corrected chi connectivity index (χ1v) is 17.6. The van der Waals surface area contributed by atoms with Crippen molar-refractivity contribution in [2.24, 2.45) is 0 Å². The molecule has 0 saturated heterocycles. The fourth-order valence-electron chi connectivity index (χ4n) is 7.75. The first kappa shape index (κ1) is 33.3. The van der Waals surface area contributed by atoms with Crippen LogP contribution in [-0.4, -0.2) is 29.1 Å². The SMILES string of the molecule is Fc1cc(F)cc(-c2cc(-n3c4ccccc4c4ccc(-c5ncccn5)cc43)c(-n3c4ccccc4c4ccc(-c5ncccn5)cc43)cc2C(F)(F)F)c1. The summed E-state index contributed by atoms with van der Waals surface area (Å²) in [5.74, 6) is -1.08. The number of hydrogen-bond acceptors (Lipinski definition) is 4. The fraction of sp³-hybridized carbons (Fsp3) is 0.0222. The highest BCUT2D eigenvalue weighted by Crippen LogP contribution is 2.45. The van der Waals surface area contributed by atoms with Crippen molar-refractivity contribution in [2.45, 2.75) is 6.18 Å². The van der Waals surface area contributed by atoms with Crippen LogP contribution >= 0.6 is 0 Å². The lowest BCUT2D eigenvalue weighted by Gasteiger charge is -2.22. The summed E-state index contributed by atoms with van der Waals surface area (Å²) in [5.41, 5.74) is 2.77. The van der Waals surface area contributed by atoms with Crippen molar-refractivity contribution in [3.8, 4) is 45.3 Å². The lowest BCUT2D eigenvalue weighted by molar-refractivity contribution is -0.137. The van der Waals surface area contributed by atoms with Gasteiger partial charge in [0.25, 0.3) is 0 Å². The van der Waals surface area contributed by atoms with Gasteiger partial charge < -0.3 is 9.13 Å². The molecule has 0 amide bonds. The van der Waals surface area contributed by atoms with Crippen LogP contribution in [0.3, 0.4) is 0 Å². The van der Waals surface area contributed by atoms with Gasteiger partial charge >= 0.3 is 6.18 Å². The van der Waals surface area contributed by atoms with E-state index in [9.17, 15) is 8.78 Å². The third-order valence-electron chi connectivity index (χ3n) is 10.1. The van der Waals surface area contributed by atoms with E-state index in [1.165, 1.54) is 6.07 Å². The van der Waals surface area contributed by atoms with E-state index in [1.54, 1.807) is 36.9 Å². The molecule has 56 heavy (non-hydrogen) atoms.